The van der Waals surface area contributed by atoms with E-state index in [0.717, 1.165) is 0 Å². The van der Waals surface area contributed by atoms with Crippen molar-refractivity contribution in [3.8, 4) is 0 Å². The molecule has 24 heavy (non-hydrogen) atoms. The van der Waals surface area contributed by atoms with Crippen LogP contribution >= 0.6 is 0 Å². The Morgan fingerprint density at radius 1 is 0.500 bits per heavy atom. The lowest BCUT2D eigenvalue weighted by Gasteiger charge is -2.05. The molecule has 1 heterocycles. The van der Waals surface area contributed by atoms with E-state index >= 15 is 0 Å². The van der Waals surface area contributed by atoms with Gasteiger partial charge in [0, 0.05) is 12.4 Å². The van der Waals surface area contributed by atoms with Crippen molar-refractivity contribution in [1.82, 2.24) is 4.98 Å². The van der Waals surface area contributed by atoms with Crippen LogP contribution in [0.1, 0.15) is 121 Å². The molecule has 0 saturated carbocycles. The quantitative estimate of drug-likeness (QED) is 0.278. The van der Waals surface area contributed by atoms with E-state index in [-0.39, 0.29) is 0 Å². The number of nitrogens with one attached hydrogen (secondary N) is 1. The summed E-state index contributed by atoms with van der Waals surface area (Å²) in [6.07, 6.45) is 28.2. The number of aromatic amines is 1. The van der Waals surface area contributed by atoms with E-state index < -0.39 is 0 Å². The van der Waals surface area contributed by atoms with Gasteiger partial charge in [-0.3, -0.25) is 0 Å². The number of H-pyrrole nitrogens is 1. The maximum Gasteiger partial charge on any atom is 0.00401 e. The summed E-state index contributed by atoms with van der Waals surface area (Å²) < 4.78 is 0. The molecule has 0 atom stereocenters. The van der Waals surface area contributed by atoms with Crippen molar-refractivity contribution >= 4 is 0 Å². The lowest BCUT2D eigenvalue weighted by Crippen LogP contribution is -1.92. The molecule has 1 heteroatoms. The first-order chi connectivity index (χ1) is 11.9. The number of hydrogen-bond donors (Lipinski definition) is 1. The van der Waals surface area contributed by atoms with Crippen LogP contribution in [-0.4, -0.2) is 4.98 Å². The van der Waals surface area contributed by atoms with Gasteiger partial charge in [0.15, 0.2) is 0 Å². The zero-order valence-electron chi connectivity index (χ0n) is 16.7. The average Bonchev–Trinajstić information content (AvgIpc) is 3.04. The number of rotatable bonds is 17. The fourth-order valence-corrected chi connectivity index (χ4v) is 3.62. The Hall–Kier alpha value is -0.720. The predicted molar refractivity (Wildman–Crippen MR) is 109 cm³/mol. The first kappa shape index (κ1) is 21.3. The Labute approximate surface area is 152 Å². The van der Waals surface area contributed by atoms with Gasteiger partial charge in [-0.2, -0.15) is 0 Å². The Kier molecular flexibility index (Phi) is 14.0. The molecule has 0 spiro atoms. The molecule has 0 amide bonds. The first-order valence-electron chi connectivity index (χ1n) is 11.0. The third kappa shape index (κ3) is 10.9. The van der Waals surface area contributed by atoms with Crippen LogP contribution in [0, 0.1) is 0 Å². The zero-order chi connectivity index (χ0) is 17.3. The van der Waals surface area contributed by atoms with Crippen molar-refractivity contribution in [2.45, 2.75) is 123 Å². The Balaban J connectivity index is 1.98. The van der Waals surface area contributed by atoms with Gasteiger partial charge in [-0.15, -0.1) is 0 Å². The van der Waals surface area contributed by atoms with Gasteiger partial charge in [0.1, 0.15) is 0 Å². The van der Waals surface area contributed by atoms with Crippen LogP contribution in [0.15, 0.2) is 12.4 Å². The lowest BCUT2D eigenvalue weighted by atomic mass is 10.00. The molecule has 0 fully saturated rings. The molecule has 0 saturated heterocycles. The average molecular weight is 334 g/mol. The van der Waals surface area contributed by atoms with Crippen molar-refractivity contribution < 1.29 is 0 Å². The van der Waals surface area contributed by atoms with Gasteiger partial charge in [0.05, 0.1) is 0 Å². The highest BCUT2D eigenvalue weighted by Crippen LogP contribution is 2.17. The maximum absolute atomic E-state index is 3.34. The van der Waals surface area contributed by atoms with Crippen molar-refractivity contribution in [2.24, 2.45) is 0 Å². The minimum Gasteiger partial charge on any atom is -0.367 e. The van der Waals surface area contributed by atoms with E-state index in [1.165, 1.54) is 109 Å². The third-order valence-electron chi connectivity index (χ3n) is 5.28. The van der Waals surface area contributed by atoms with Crippen LogP contribution in [0.25, 0.3) is 0 Å². The van der Waals surface area contributed by atoms with Crippen LogP contribution in [0.2, 0.25) is 0 Å². The minimum absolute atomic E-state index is 1.28. The van der Waals surface area contributed by atoms with E-state index in [1.54, 1.807) is 11.1 Å². The van der Waals surface area contributed by atoms with Crippen molar-refractivity contribution in [3.05, 3.63) is 23.5 Å². The van der Waals surface area contributed by atoms with Gasteiger partial charge >= 0.3 is 0 Å². The summed E-state index contributed by atoms with van der Waals surface area (Å²) in [7, 11) is 0. The molecule has 1 aromatic heterocycles. The zero-order valence-corrected chi connectivity index (χ0v) is 16.7. The fraction of sp³-hybridized carbons (Fsp3) is 0.826. The molecule has 0 aromatic carbocycles. The summed E-state index contributed by atoms with van der Waals surface area (Å²) in [6.45, 7) is 4.58. The molecule has 0 aliphatic heterocycles. The van der Waals surface area contributed by atoms with E-state index in [1.807, 2.05) is 0 Å². The molecule has 1 N–H and O–H groups in total. The summed E-state index contributed by atoms with van der Waals surface area (Å²) in [5, 5.41) is 0. The fourth-order valence-electron chi connectivity index (χ4n) is 3.62. The molecule has 0 aliphatic rings. The van der Waals surface area contributed by atoms with Crippen LogP contribution in [-0.2, 0) is 12.8 Å². The molecule has 0 bridgehead atoms. The summed E-state index contributed by atoms with van der Waals surface area (Å²) in [5.41, 5.74) is 3.17. The normalized spacial score (nSPS) is 11.2. The predicted octanol–water partition coefficient (Wildman–Crippen LogP) is 7.99. The molecule has 1 aromatic rings. The van der Waals surface area contributed by atoms with Crippen molar-refractivity contribution in [3.63, 3.8) is 0 Å². The van der Waals surface area contributed by atoms with E-state index in [9.17, 15) is 0 Å². The Morgan fingerprint density at radius 2 is 0.833 bits per heavy atom. The van der Waals surface area contributed by atoms with Gasteiger partial charge in [-0.1, -0.05) is 97.3 Å². The van der Waals surface area contributed by atoms with E-state index in [2.05, 4.69) is 31.2 Å². The monoisotopic (exact) mass is 333 g/mol. The van der Waals surface area contributed by atoms with Crippen molar-refractivity contribution in [2.75, 3.05) is 0 Å². The number of hydrogen-bond acceptors (Lipinski definition) is 0. The van der Waals surface area contributed by atoms with E-state index in [0.29, 0.717) is 0 Å². The van der Waals surface area contributed by atoms with Gasteiger partial charge in [0.25, 0.3) is 0 Å². The van der Waals surface area contributed by atoms with Crippen LogP contribution in [0.4, 0.5) is 0 Å². The van der Waals surface area contributed by atoms with Gasteiger partial charge in [0.2, 0.25) is 0 Å². The molecule has 1 nitrogen and oxygen atoms in total. The summed E-state index contributed by atoms with van der Waals surface area (Å²) in [6, 6.07) is 0. The topological polar surface area (TPSA) is 15.8 Å². The maximum atomic E-state index is 3.34. The van der Waals surface area contributed by atoms with Gasteiger partial charge < -0.3 is 4.98 Å². The number of aryl methyl sites for hydroxylation is 2. The Bertz CT molecular complexity index is 366. The van der Waals surface area contributed by atoms with Gasteiger partial charge in [-0.05, 0) is 36.8 Å². The summed E-state index contributed by atoms with van der Waals surface area (Å²) >= 11 is 0. The summed E-state index contributed by atoms with van der Waals surface area (Å²) in [5.74, 6) is 0. The lowest BCUT2D eigenvalue weighted by molar-refractivity contribution is 0.556. The molecular formula is C23H43N. The molecule has 0 unspecified atom stereocenters. The highest BCUT2D eigenvalue weighted by molar-refractivity contribution is 5.23. The molecule has 140 valence electrons. The van der Waals surface area contributed by atoms with Crippen LogP contribution < -0.4 is 0 Å². The van der Waals surface area contributed by atoms with E-state index in [4.69, 9.17) is 0 Å². The van der Waals surface area contributed by atoms with Crippen LogP contribution in [0.3, 0.4) is 0 Å². The smallest absolute Gasteiger partial charge is 0.00401 e. The second-order valence-electron chi connectivity index (χ2n) is 7.60. The number of unbranched alkanes of at least 4 members (excludes halogenated alkanes) is 13. The Morgan fingerprint density at radius 3 is 1.21 bits per heavy atom. The van der Waals surface area contributed by atoms with Crippen LogP contribution in [0.5, 0.6) is 0 Å². The second-order valence-corrected chi connectivity index (χ2v) is 7.60. The molecule has 0 radical (unpaired) electrons. The second kappa shape index (κ2) is 15.8. The summed E-state index contributed by atoms with van der Waals surface area (Å²) in [4.78, 5) is 3.34. The molecule has 0 aliphatic carbocycles. The highest BCUT2D eigenvalue weighted by Gasteiger charge is 2.03. The SMILES string of the molecule is CCCCCCCCCCCCc1c[nH]cc1CCCCCCC. The van der Waals surface area contributed by atoms with Gasteiger partial charge in [-0.25, -0.2) is 0 Å². The standard InChI is InChI=1S/C23H43N/c1-3-5-7-9-10-11-12-13-15-17-19-23-21-24-20-22(23)18-16-14-8-6-4-2/h20-21,24H,3-19H2,1-2H3. The largest absolute Gasteiger partial charge is 0.367 e. The minimum atomic E-state index is 1.28. The van der Waals surface area contributed by atoms with Crippen molar-refractivity contribution in [1.29, 1.82) is 0 Å². The number of aromatic nitrogens is 1. The third-order valence-corrected chi connectivity index (χ3v) is 5.28. The molecular weight excluding hydrogens is 290 g/mol. The molecule has 1 rings (SSSR count). The first-order valence-corrected chi connectivity index (χ1v) is 11.0. The highest BCUT2D eigenvalue weighted by atomic mass is 14.6.